The Balaban J connectivity index is 1.89. The normalized spacial score (nSPS) is 10.8. The molecule has 0 saturated heterocycles. The summed E-state index contributed by atoms with van der Waals surface area (Å²) in [7, 11) is 0. The smallest absolute Gasteiger partial charge is 0.272 e. The molecule has 0 spiro atoms. The predicted octanol–water partition coefficient (Wildman–Crippen LogP) is 4.58. The van der Waals surface area contributed by atoms with E-state index in [-0.39, 0.29) is 24.1 Å². The van der Waals surface area contributed by atoms with Gasteiger partial charge in [0.2, 0.25) is 0 Å². The number of nitrogens with zero attached hydrogens (tertiary/aromatic N) is 3. The van der Waals surface area contributed by atoms with Crippen molar-refractivity contribution in [1.82, 2.24) is 14.5 Å². The zero-order chi connectivity index (χ0) is 18.7. The van der Waals surface area contributed by atoms with Crippen molar-refractivity contribution in [3.63, 3.8) is 0 Å². The summed E-state index contributed by atoms with van der Waals surface area (Å²) in [6.07, 6.45) is 2.94. The van der Waals surface area contributed by atoms with E-state index in [1.165, 1.54) is 35.6 Å². The zero-order valence-electron chi connectivity index (χ0n) is 14.0. The lowest BCUT2D eigenvalue weighted by Crippen LogP contribution is -2.32. The number of imidazole rings is 1. The van der Waals surface area contributed by atoms with Gasteiger partial charge in [0.15, 0.2) is 0 Å². The molecular formula is C19H16BrF2N3O. The summed E-state index contributed by atoms with van der Waals surface area (Å²) in [6.45, 7) is 2.36. The van der Waals surface area contributed by atoms with Crippen molar-refractivity contribution in [2.24, 2.45) is 0 Å². The van der Waals surface area contributed by atoms with Gasteiger partial charge in [-0.25, -0.2) is 13.8 Å². The van der Waals surface area contributed by atoms with Crippen LogP contribution in [0.5, 0.6) is 0 Å². The minimum atomic E-state index is -0.369. The number of carbonyl (C=O) groups is 1. The highest BCUT2D eigenvalue weighted by Crippen LogP contribution is 2.19. The molecule has 7 heteroatoms. The monoisotopic (exact) mass is 419 g/mol. The van der Waals surface area contributed by atoms with Crippen LogP contribution in [0.2, 0.25) is 0 Å². The third-order valence-corrected chi connectivity index (χ3v) is 4.49. The van der Waals surface area contributed by atoms with Crippen LogP contribution in [-0.4, -0.2) is 26.9 Å². The van der Waals surface area contributed by atoms with Crippen molar-refractivity contribution in [3.05, 3.63) is 82.4 Å². The molecule has 3 rings (SSSR count). The van der Waals surface area contributed by atoms with E-state index in [2.05, 4.69) is 20.9 Å². The van der Waals surface area contributed by atoms with Crippen molar-refractivity contribution < 1.29 is 13.6 Å². The third-order valence-electron chi connectivity index (χ3n) is 4.00. The van der Waals surface area contributed by atoms with Gasteiger partial charge in [-0.1, -0.05) is 15.9 Å². The van der Waals surface area contributed by atoms with Crippen LogP contribution in [0.4, 0.5) is 8.78 Å². The second kappa shape index (κ2) is 7.78. The zero-order valence-corrected chi connectivity index (χ0v) is 15.6. The van der Waals surface area contributed by atoms with Gasteiger partial charge in [0.05, 0.1) is 12.5 Å². The molecule has 0 aliphatic heterocycles. The summed E-state index contributed by atoms with van der Waals surface area (Å²) in [5.74, 6) is -1.01. The molecule has 0 radical (unpaired) electrons. The lowest BCUT2D eigenvalue weighted by Gasteiger charge is -2.22. The lowest BCUT2D eigenvalue weighted by atomic mass is 10.2. The Morgan fingerprint density at radius 2 is 1.92 bits per heavy atom. The summed E-state index contributed by atoms with van der Waals surface area (Å²) in [4.78, 5) is 18.5. The summed E-state index contributed by atoms with van der Waals surface area (Å²) >= 11 is 3.32. The molecular weight excluding hydrogens is 404 g/mol. The second-order valence-corrected chi connectivity index (χ2v) is 6.60. The van der Waals surface area contributed by atoms with Gasteiger partial charge in [-0.3, -0.25) is 9.36 Å². The van der Waals surface area contributed by atoms with Crippen molar-refractivity contribution in [1.29, 1.82) is 0 Å². The van der Waals surface area contributed by atoms with Crippen LogP contribution in [0.15, 0.2) is 59.5 Å². The second-order valence-electron chi connectivity index (χ2n) is 5.68. The summed E-state index contributed by atoms with van der Waals surface area (Å²) in [5.41, 5.74) is 1.37. The number of carbonyl (C=O) groups excluding carboxylic acids is 1. The molecule has 3 aromatic rings. The number of benzene rings is 2. The van der Waals surface area contributed by atoms with E-state index in [9.17, 15) is 13.6 Å². The standard InChI is InChI=1S/C19H16BrF2N3O/c1-2-24(11-13-9-14(20)3-8-17(13)22)19(26)18-10-23-12-25(18)16-6-4-15(21)5-7-16/h3-10,12H,2,11H2,1H3. The Hall–Kier alpha value is -2.54. The van der Waals surface area contributed by atoms with Crippen molar-refractivity contribution in [2.75, 3.05) is 6.54 Å². The fourth-order valence-corrected chi connectivity index (χ4v) is 3.03. The van der Waals surface area contributed by atoms with Gasteiger partial charge in [0.25, 0.3) is 5.91 Å². The molecule has 0 fully saturated rings. The van der Waals surface area contributed by atoms with Crippen LogP contribution in [0.3, 0.4) is 0 Å². The topological polar surface area (TPSA) is 38.1 Å². The highest BCUT2D eigenvalue weighted by molar-refractivity contribution is 9.10. The SMILES string of the molecule is CCN(Cc1cc(Br)ccc1F)C(=O)c1cncn1-c1ccc(F)cc1. The summed E-state index contributed by atoms with van der Waals surface area (Å²) in [5, 5.41) is 0. The predicted molar refractivity (Wildman–Crippen MR) is 98.0 cm³/mol. The average molecular weight is 420 g/mol. The highest BCUT2D eigenvalue weighted by Gasteiger charge is 2.20. The van der Waals surface area contributed by atoms with E-state index in [0.29, 0.717) is 23.5 Å². The first kappa shape index (κ1) is 18.3. The minimum absolute atomic E-state index is 0.134. The van der Waals surface area contributed by atoms with E-state index < -0.39 is 0 Å². The van der Waals surface area contributed by atoms with Gasteiger partial charge in [0.1, 0.15) is 17.3 Å². The van der Waals surface area contributed by atoms with Crippen molar-refractivity contribution in [2.45, 2.75) is 13.5 Å². The molecule has 0 bridgehead atoms. The fourth-order valence-electron chi connectivity index (χ4n) is 2.62. The molecule has 134 valence electrons. The molecule has 0 unspecified atom stereocenters. The van der Waals surface area contributed by atoms with Gasteiger partial charge < -0.3 is 4.90 Å². The molecule has 1 heterocycles. The van der Waals surface area contributed by atoms with Gasteiger partial charge >= 0.3 is 0 Å². The van der Waals surface area contributed by atoms with Gasteiger partial charge in [0, 0.05) is 28.8 Å². The number of hydrogen-bond donors (Lipinski definition) is 0. The molecule has 0 atom stereocenters. The number of hydrogen-bond acceptors (Lipinski definition) is 2. The van der Waals surface area contributed by atoms with Crippen molar-refractivity contribution >= 4 is 21.8 Å². The van der Waals surface area contributed by atoms with E-state index in [1.54, 1.807) is 28.8 Å². The average Bonchev–Trinajstić information content (AvgIpc) is 3.12. The van der Waals surface area contributed by atoms with E-state index >= 15 is 0 Å². The maximum Gasteiger partial charge on any atom is 0.272 e. The van der Waals surface area contributed by atoms with Crippen LogP contribution in [-0.2, 0) is 6.54 Å². The number of amides is 1. The van der Waals surface area contributed by atoms with Gasteiger partial charge in [-0.05, 0) is 49.4 Å². The lowest BCUT2D eigenvalue weighted by molar-refractivity contribution is 0.0743. The van der Waals surface area contributed by atoms with Crippen LogP contribution in [0, 0.1) is 11.6 Å². The molecule has 0 saturated carbocycles. The van der Waals surface area contributed by atoms with Crippen molar-refractivity contribution in [3.8, 4) is 5.69 Å². The van der Waals surface area contributed by atoms with E-state index in [1.807, 2.05) is 6.92 Å². The largest absolute Gasteiger partial charge is 0.333 e. The molecule has 0 N–H and O–H groups in total. The molecule has 2 aromatic carbocycles. The number of aromatic nitrogens is 2. The number of halogens is 3. The molecule has 0 aliphatic rings. The highest BCUT2D eigenvalue weighted by atomic mass is 79.9. The maximum atomic E-state index is 14.0. The molecule has 0 aliphatic carbocycles. The first-order valence-corrected chi connectivity index (χ1v) is 8.80. The first-order valence-electron chi connectivity index (χ1n) is 8.01. The Bertz CT molecular complexity index is 925. The maximum absolute atomic E-state index is 14.0. The molecule has 1 aromatic heterocycles. The quantitative estimate of drug-likeness (QED) is 0.607. The van der Waals surface area contributed by atoms with Gasteiger partial charge in [-0.15, -0.1) is 0 Å². The fraction of sp³-hybridized carbons (Fsp3) is 0.158. The number of rotatable bonds is 5. The molecule has 4 nitrogen and oxygen atoms in total. The van der Waals surface area contributed by atoms with Crippen LogP contribution in [0.1, 0.15) is 23.0 Å². The van der Waals surface area contributed by atoms with Crippen LogP contribution >= 0.6 is 15.9 Å². The van der Waals surface area contributed by atoms with E-state index in [0.717, 1.165) is 4.47 Å². The summed E-state index contributed by atoms with van der Waals surface area (Å²) < 4.78 is 29.5. The Labute approximate surface area is 158 Å². The minimum Gasteiger partial charge on any atom is -0.333 e. The molecule has 26 heavy (non-hydrogen) atoms. The third kappa shape index (κ3) is 3.83. The Morgan fingerprint density at radius 1 is 1.19 bits per heavy atom. The van der Waals surface area contributed by atoms with Crippen LogP contribution < -0.4 is 0 Å². The van der Waals surface area contributed by atoms with Gasteiger partial charge in [-0.2, -0.15) is 0 Å². The Morgan fingerprint density at radius 3 is 2.62 bits per heavy atom. The first-order chi connectivity index (χ1) is 12.5. The molecule has 1 amide bonds. The summed E-state index contributed by atoms with van der Waals surface area (Å²) in [6, 6.07) is 10.4. The van der Waals surface area contributed by atoms with Crippen LogP contribution in [0.25, 0.3) is 5.69 Å². The Kier molecular flexibility index (Phi) is 5.46. The van der Waals surface area contributed by atoms with E-state index in [4.69, 9.17) is 0 Å².